The molecule has 192 valence electrons. The van der Waals surface area contributed by atoms with Gasteiger partial charge >= 0.3 is 0 Å². The number of pyridine rings is 1. The zero-order valence-corrected chi connectivity index (χ0v) is 24.0. The first kappa shape index (κ1) is 29.3. The summed E-state index contributed by atoms with van der Waals surface area (Å²) in [5.41, 5.74) is 7.11. The summed E-state index contributed by atoms with van der Waals surface area (Å²) in [6.45, 7) is 18.7. The minimum absolute atomic E-state index is 0.162. The highest BCUT2D eigenvalue weighted by atomic mass is 14.9. The molecule has 0 aliphatic heterocycles. The Morgan fingerprint density at radius 1 is 0.833 bits per heavy atom. The van der Waals surface area contributed by atoms with Crippen molar-refractivity contribution in [2.75, 3.05) is 0 Å². The van der Waals surface area contributed by atoms with E-state index in [1.165, 1.54) is 27.8 Å². The molecule has 0 bridgehead atoms. The molecule has 0 unspecified atom stereocenters. The molecule has 2 aromatic rings. The molecule has 0 aliphatic rings. The third-order valence-electron chi connectivity index (χ3n) is 6.30. The number of hydrogen-bond acceptors (Lipinski definition) is 0. The first-order valence-corrected chi connectivity index (χ1v) is 13.5. The number of benzene rings is 1. The summed E-state index contributed by atoms with van der Waals surface area (Å²) in [6, 6.07) is 13.5. The lowest BCUT2D eigenvalue weighted by Crippen LogP contribution is -2.33. The number of nitrogens with zero attached hydrogens (tertiary/aromatic N) is 1. The van der Waals surface area contributed by atoms with Crippen molar-refractivity contribution in [1.82, 2.24) is 0 Å². The summed E-state index contributed by atoms with van der Waals surface area (Å²) in [5.74, 6) is 0. The second-order valence-electron chi connectivity index (χ2n) is 11.6. The lowest BCUT2D eigenvalue weighted by molar-refractivity contribution is -0.688. The molecule has 0 radical (unpaired) electrons. The van der Waals surface area contributed by atoms with Crippen LogP contribution in [0, 0.1) is 5.41 Å². The van der Waals surface area contributed by atoms with E-state index in [9.17, 15) is 0 Å². The minimum atomic E-state index is 0.162. The summed E-state index contributed by atoms with van der Waals surface area (Å²) in [7, 11) is 0. The average molecular weight is 483 g/mol. The second kappa shape index (κ2) is 14.0. The molecule has 36 heavy (non-hydrogen) atoms. The third kappa shape index (κ3) is 9.97. The van der Waals surface area contributed by atoms with E-state index in [0.717, 1.165) is 25.8 Å². The minimum Gasteiger partial charge on any atom is -0.201 e. The predicted octanol–water partition coefficient (Wildman–Crippen LogP) is 9.55. The summed E-state index contributed by atoms with van der Waals surface area (Å²) in [6.07, 6.45) is 25.2. The second-order valence-corrected chi connectivity index (χ2v) is 11.6. The van der Waals surface area contributed by atoms with Gasteiger partial charge in [-0.3, -0.25) is 0 Å². The Morgan fingerprint density at radius 2 is 1.44 bits per heavy atom. The van der Waals surface area contributed by atoms with Crippen LogP contribution in [-0.4, -0.2) is 0 Å². The van der Waals surface area contributed by atoms with Crippen LogP contribution in [0.4, 0.5) is 0 Å². The molecule has 2 rings (SSSR count). The van der Waals surface area contributed by atoms with Crippen LogP contribution < -0.4 is 4.57 Å². The van der Waals surface area contributed by atoms with Gasteiger partial charge < -0.3 is 0 Å². The lowest BCUT2D eigenvalue weighted by atomic mass is 9.86. The zero-order chi connectivity index (χ0) is 26.6. The van der Waals surface area contributed by atoms with Gasteiger partial charge in [0, 0.05) is 17.7 Å². The molecule has 0 saturated carbocycles. The van der Waals surface area contributed by atoms with Crippen molar-refractivity contribution in [3.63, 3.8) is 0 Å². The van der Waals surface area contributed by atoms with Crippen LogP contribution in [0.2, 0.25) is 0 Å². The van der Waals surface area contributed by atoms with Crippen molar-refractivity contribution in [1.29, 1.82) is 0 Å². The summed E-state index contributed by atoms with van der Waals surface area (Å²) >= 11 is 0. The Kier molecular flexibility index (Phi) is 11.4. The lowest BCUT2D eigenvalue weighted by Gasteiger charge is -2.19. The summed E-state index contributed by atoms with van der Waals surface area (Å²) < 4.78 is 2.26. The molecule has 0 aliphatic carbocycles. The molecule has 0 N–H and O–H groups in total. The molecular weight excluding hydrogens is 434 g/mol. The predicted molar refractivity (Wildman–Crippen MR) is 159 cm³/mol. The van der Waals surface area contributed by atoms with E-state index in [1.807, 2.05) is 0 Å². The monoisotopic (exact) mass is 482 g/mol. The van der Waals surface area contributed by atoms with Crippen molar-refractivity contribution in [2.45, 2.75) is 86.6 Å². The van der Waals surface area contributed by atoms with Crippen LogP contribution in [0.25, 0.3) is 5.57 Å². The van der Waals surface area contributed by atoms with Crippen LogP contribution in [0.15, 0.2) is 103 Å². The smallest absolute Gasteiger partial charge is 0.173 e. The van der Waals surface area contributed by atoms with E-state index in [0.29, 0.717) is 0 Å². The van der Waals surface area contributed by atoms with Crippen molar-refractivity contribution >= 4 is 5.57 Å². The maximum absolute atomic E-state index is 2.28. The Balaban J connectivity index is 2.01. The zero-order valence-electron chi connectivity index (χ0n) is 24.0. The van der Waals surface area contributed by atoms with Crippen LogP contribution in [0.3, 0.4) is 0 Å². The fourth-order valence-electron chi connectivity index (χ4n) is 4.02. The van der Waals surface area contributed by atoms with Gasteiger partial charge in [-0.15, -0.1) is 0 Å². The number of aromatic nitrogens is 1. The van der Waals surface area contributed by atoms with E-state index in [4.69, 9.17) is 0 Å². The van der Waals surface area contributed by atoms with Crippen LogP contribution >= 0.6 is 0 Å². The highest BCUT2D eigenvalue weighted by molar-refractivity contribution is 5.66. The van der Waals surface area contributed by atoms with Gasteiger partial charge in [0.25, 0.3) is 0 Å². The fourth-order valence-corrected chi connectivity index (χ4v) is 4.02. The number of allylic oxidation sites excluding steroid dienone is 10. The molecule has 1 heterocycles. The van der Waals surface area contributed by atoms with Gasteiger partial charge in [-0.05, 0) is 52.9 Å². The quantitative estimate of drug-likeness (QED) is 0.234. The van der Waals surface area contributed by atoms with Gasteiger partial charge in [0.15, 0.2) is 18.9 Å². The van der Waals surface area contributed by atoms with Crippen molar-refractivity contribution in [2.24, 2.45) is 5.41 Å². The molecule has 0 fully saturated rings. The van der Waals surface area contributed by atoms with Crippen molar-refractivity contribution in [3.8, 4) is 0 Å². The standard InChI is InChI=1S/C35H48N/c1-9-16-30(18-14-12-11-13-15-19-32(17-10-2)34(3,4)5)31-24-26-36(27-25-31)28-29-20-22-33(23-21-29)35(6,7)8/h10,12-15,17-27H,9,11,16,28H2,1-8H3/q+1/b14-12+,15-13+,17-10-,30-18+,32-19+. The number of hydrogen-bond donors (Lipinski definition) is 0. The van der Waals surface area contributed by atoms with Gasteiger partial charge in [0.05, 0.1) is 0 Å². The highest BCUT2D eigenvalue weighted by Gasteiger charge is 2.14. The molecule has 0 atom stereocenters. The van der Waals surface area contributed by atoms with Gasteiger partial charge in [-0.25, -0.2) is 4.57 Å². The first-order chi connectivity index (χ1) is 17.0. The van der Waals surface area contributed by atoms with Gasteiger partial charge in [-0.2, -0.15) is 0 Å². The van der Waals surface area contributed by atoms with Gasteiger partial charge in [0.1, 0.15) is 0 Å². The van der Waals surface area contributed by atoms with Crippen molar-refractivity contribution in [3.05, 3.63) is 120 Å². The number of rotatable bonds is 10. The average Bonchev–Trinajstić information content (AvgIpc) is 2.81. The Hall–Kier alpha value is -2.93. The first-order valence-electron chi connectivity index (χ1n) is 13.5. The normalized spacial score (nSPS) is 14.0. The molecule has 1 heteroatoms. The summed E-state index contributed by atoms with van der Waals surface area (Å²) in [5, 5.41) is 0. The fraction of sp³-hybridized carbons (Fsp3) is 0.400. The Bertz CT molecular complexity index is 1070. The Morgan fingerprint density at radius 3 is 1.97 bits per heavy atom. The van der Waals surface area contributed by atoms with E-state index < -0.39 is 0 Å². The molecule has 1 aromatic heterocycles. The molecular formula is C35H48N+. The molecule has 1 nitrogen and oxygen atoms in total. The van der Waals surface area contributed by atoms with E-state index in [2.05, 4.69) is 157 Å². The largest absolute Gasteiger partial charge is 0.201 e. The maximum atomic E-state index is 2.28. The van der Waals surface area contributed by atoms with E-state index >= 15 is 0 Å². The SMILES string of the molecule is C\C=C/C(=C\C=C\C/C=C/C=C(\CCC)c1cc[n+](Cc2ccc(C(C)(C)C)cc2)cc1)C(C)(C)C. The van der Waals surface area contributed by atoms with Crippen molar-refractivity contribution < 1.29 is 4.57 Å². The molecule has 0 saturated heterocycles. The van der Waals surface area contributed by atoms with E-state index in [1.54, 1.807) is 0 Å². The molecule has 0 amide bonds. The van der Waals surface area contributed by atoms with Crippen LogP contribution in [0.5, 0.6) is 0 Å². The molecule has 0 spiro atoms. The highest BCUT2D eigenvalue weighted by Crippen LogP contribution is 2.26. The van der Waals surface area contributed by atoms with Crippen LogP contribution in [0.1, 0.15) is 91.3 Å². The van der Waals surface area contributed by atoms with Gasteiger partial charge in [-0.1, -0.05) is 128 Å². The topological polar surface area (TPSA) is 3.88 Å². The van der Waals surface area contributed by atoms with Crippen LogP contribution in [-0.2, 0) is 12.0 Å². The summed E-state index contributed by atoms with van der Waals surface area (Å²) in [4.78, 5) is 0. The Labute approximate surface area is 221 Å². The maximum Gasteiger partial charge on any atom is 0.173 e. The van der Waals surface area contributed by atoms with Gasteiger partial charge in [0.2, 0.25) is 0 Å². The third-order valence-corrected chi connectivity index (χ3v) is 6.30. The molecule has 1 aromatic carbocycles. The van der Waals surface area contributed by atoms with E-state index in [-0.39, 0.29) is 10.8 Å².